The third-order valence-electron chi connectivity index (χ3n) is 2.93. The van der Waals surface area contributed by atoms with E-state index in [1.165, 1.54) is 0 Å². The fourth-order valence-electron chi connectivity index (χ4n) is 1.81. The normalized spacial score (nSPS) is 13.3. The zero-order chi connectivity index (χ0) is 14.4. The molecule has 1 aliphatic heterocycles. The standard InChI is InChI=1S/C19H17N/c1-4-8-16-12-13-17-9-6-7-10-18(17)20-19(16)14-11-15(3)5-2/h4,6-11,14,20H,2H2,1,3H3/b8-4-,14-11+. The first-order valence-electron chi connectivity index (χ1n) is 6.54. The number of fused-ring (bicyclic) bond motifs is 1. The van der Waals surface area contributed by atoms with Gasteiger partial charge in [0.25, 0.3) is 0 Å². The largest absolute Gasteiger partial charge is 0.353 e. The predicted octanol–water partition coefficient (Wildman–Crippen LogP) is 4.58. The van der Waals surface area contributed by atoms with Crippen LogP contribution in [0.15, 0.2) is 77.7 Å². The molecule has 0 spiro atoms. The fourth-order valence-corrected chi connectivity index (χ4v) is 1.81. The predicted molar refractivity (Wildman–Crippen MR) is 86.2 cm³/mol. The minimum atomic E-state index is 0.969. The summed E-state index contributed by atoms with van der Waals surface area (Å²) in [4.78, 5) is 0. The van der Waals surface area contributed by atoms with Crippen LogP contribution in [0.2, 0.25) is 0 Å². The molecule has 0 fully saturated rings. The van der Waals surface area contributed by atoms with Gasteiger partial charge >= 0.3 is 0 Å². The third kappa shape index (κ3) is 3.20. The molecular weight excluding hydrogens is 242 g/mol. The summed E-state index contributed by atoms with van der Waals surface area (Å²) in [6.07, 6.45) is 8.00. The molecule has 1 aromatic carbocycles. The maximum absolute atomic E-state index is 3.64. The van der Waals surface area contributed by atoms with Crippen molar-refractivity contribution in [2.75, 3.05) is 5.32 Å². The van der Waals surface area contributed by atoms with Crippen LogP contribution in [0.1, 0.15) is 19.4 Å². The molecule has 98 valence electrons. The highest BCUT2D eigenvalue weighted by Gasteiger charge is 2.07. The Morgan fingerprint density at radius 1 is 1.25 bits per heavy atom. The molecule has 1 heterocycles. The van der Waals surface area contributed by atoms with Crippen molar-refractivity contribution in [1.82, 2.24) is 0 Å². The average molecular weight is 259 g/mol. The van der Waals surface area contributed by atoms with E-state index in [1.807, 2.05) is 62.4 Å². The van der Waals surface area contributed by atoms with Crippen molar-refractivity contribution in [3.8, 4) is 11.8 Å². The molecule has 1 N–H and O–H groups in total. The molecule has 0 unspecified atom stereocenters. The summed E-state index contributed by atoms with van der Waals surface area (Å²) in [6.45, 7) is 7.60. The second-order valence-electron chi connectivity index (χ2n) is 4.44. The number of hydrogen-bond acceptors (Lipinski definition) is 1. The first-order valence-corrected chi connectivity index (χ1v) is 6.54. The molecule has 0 saturated heterocycles. The van der Waals surface area contributed by atoms with Gasteiger partial charge in [-0.1, -0.05) is 36.6 Å². The Labute approximate surface area is 120 Å². The molecule has 1 aromatic rings. The fraction of sp³-hybridized carbons (Fsp3) is 0.105. The number of para-hydroxylation sites is 1. The van der Waals surface area contributed by atoms with E-state index in [-0.39, 0.29) is 0 Å². The number of benzene rings is 1. The lowest BCUT2D eigenvalue weighted by molar-refractivity contribution is 1.42. The minimum absolute atomic E-state index is 0.969. The number of hydrogen-bond donors (Lipinski definition) is 1. The number of anilines is 1. The Balaban J connectivity index is 2.48. The molecule has 0 atom stereocenters. The van der Waals surface area contributed by atoms with Gasteiger partial charge in [-0.3, -0.25) is 0 Å². The molecule has 2 rings (SSSR count). The quantitative estimate of drug-likeness (QED) is 0.476. The molecule has 0 bridgehead atoms. The van der Waals surface area contributed by atoms with Crippen molar-refractivity contribution in [3.05, 3.63) is 83.3 Å². The molecule has 0 aliphatic carbocycles. The lowest BCUT2D eigenvalue weighted by atomic mass is 10.1. The monoisotopic (exact) mass is 259 g/mol. The smallest absolute Gasteiger partial charge is 0.0543 e. The zero-order valence-corrected chi connectivity index (χ0v) is 11.8. The van der Waals surface area contributed by atoms with Gasteiger partial charge in [-0.05, 0) is 49.8 Å². The topological polar surface area (TPSA) is 12.0 Å². The van der Waals surface area contributed by atoms with Gasteiger partial charge in [0.05, 0.1) is 11.4 Å². The summed E-state index contributed by atoms with van der Waals surface area (Å²) in [5.41, 5.74) is 7.84. The minimum Gasteiger partial charge on any atom is -0.353 e. The van der Waals surface area contributed by atoms with E-state index < -0.39 is 0 Å². The SMILES string of the molecule is C=C=C(C)/C=C/C1=C(/C=C\C)C#Cc2ccccc2N1. The van der Waals surface area contributed by atoms with Crippen molar-refractivity contribution in [2.45, 2.75) is 13.8 Å². The van der Waals surface area contributed by atoms with Crippen LogP contribution in [0.4, 0.5) is 5.69 Å². The Morgan fingerprint density at radius 2 is 2.05 bits per heavy atom. The second-order valence-corrected chi connectivity index (χ2v) is 4.44. The number of rotatable bonds is 3. The van der Waals surface area contributed by atoms with Crippen LogP contribution < -0.4 is 5.32 Å². The summed E-state index contributed by atoms with van der Waals surface area (Å²) in [5.74, 6) is 6.42. The van der Waals surface area contributed by atoms with E-state index >= 15 is 0 Å². The van der Waals surface area contributed by atoms with Gasteiger partial charge in [-0.15, -0.1) is 5.73 Å². The van der Waals surface area contributed by atoms with Gasteiger partial charge < -0.3 is 5.32 Å². The second kappa shape index (κ2) is 6.48. The lowest BCUT2D eigenvalue weighted by Gasteiger charge is -2.09. The van der Waals surface area contributed by atoms with E-state index in [9.17, 15) is 0 Å². The summed E-state index contributed by atoms with van der Waals surface area (Å²) in [5, 5.41) is 3.43. The highest BCUT2D eigenvalue weighted by molar-refractivity contribution is 5.69. The van der Waals surface area contributed by atoms with Crippen LogP contribution in [-0.4, -0.2) is 0 Å². The Hall–Kier alpha value is -2.68. The zero-order valence-electron chi connectivity index (χ0n) is 11.8. The highest BCUT2D eigenvalue weighted by atomic mass is 14.9. The van der Waals surface area contributed by atoms with Crippen LogP contribution in [0.5, 0.6) is 0 Å². The van der Waals surface area contributed by atoms with E-state index in [4.69, 9.17) is 0 Å². The maximum Gasteiger partial charge on any atom is 0.0543 e. The highest BCUT2D eigenvalue weighted by Crippen LogP contribution is 2.21. The molecule has 1 aliphatic rings. The van der Waals surface area contributed by atoms with Crippen molar-refractivity contribution >= 4 is 5.69 Å². The van der Waals surface area contributed by atoms with Crippen molar-refractivity contribution in [2.24, 2.45) is 0 Å². The Bertz CT molecular complexity index is 712. The number of nitrogens with one attached hydrogen (secondary N) is 1. The number of allylic oxidation sites excluding steroid dienone is 6. The molecule has 1 heteroatoms. The lowest BCUT2D eigenvalue weighted by Crippen LogP contribution is -2.00. The van der Waals surface area contributed by atoms with Crippen LogP contribution in [0.3, 0.4) is 0 Å². The van der Waals surface area contributed by atoms with E-state index in [1.54, 1.807) is 0 Å². The molecule has 20 heavy (non-hydrogen) atoms. The average Bonchev–Trinajstić information content (AvgIpc) is 2.65. The Kier molecular flexibility index (Phi) is 4.45. The molecular formula is C19H17N. The summed E-state index contributed by atoms with van der Waals surface area (Å²) >= 11 is 0. The van der Waals surface area contributed by atoms with E-state index in [0.717, 1.165) is 28.1 Å². The summed E-state index contributed by atoms with van der Waals surface area (Å²) in [6, 6.07) is 8.05. The van der Waals surface area contributed by atoms with Crippen molar-refractivity contribution < 1.29 is 0 Å². The van der Waals surface area contributed by atoms with Gasteiger partial charge in [0.2, 0.25) is 0 Å². The van der Waals surface area contributed by atoms with Crippen LogP contribution in [-0.2, 0) is 0 Å². The summed E-state index contributed by atoms with van der Waals surface area (Å²) < 4.78 is 0. The molecule has 1 nitrogen and oxygen atoms in total. The first kappa shape index (κ1) is 13.7. The molecule has 0 radical (unpaired) electrons. The van der Waals surface area contributed by atoms with Crippen molar-refractivity contribution in [3.63, 3.8) is 0 Å². The van der Waals surface area contributed by atoms with Crippen molar-refractivity contribution in [1.29, 1.82) is 0 Å². The van der Waals surface area contributed by atoms with Gasteiger partial charge in [-0.2, -0.15) is 0 Å². The van der Waals surface area contributed by atoms with Gasteiger partial charge in [0.15, 0.2) is 0 Å². The molecule has 0 aromatic heterocycles. The molecule has 0 amide bonds. The van der Waals surface area contributed by atoms with Crippen LogP contribution in [0, 0.1) is 11.8 Å². The van der Waals surface area contributed by atoms with Gasteiger partial charge in [0.1, 0.15) is 0 Å². The Morgan fingerprint density at radius 3 is 2.80 bits per heavy atom. The maximum atomic E-state index is 3.64. The molecule has 0 saturated carbocycles. The summed E-state index contributed by atoms with van der Waals surface area (Å²) in [7, 11) is 0. The van der Waals surface area contributed by atoms with E-state index in [2.05, 4.69) is 29.5 Å². The van der Waals surface area contributed by atoms with Crippen LogP contribution in [0.25, 0.3) is 0 Å². The van der Waals surface area contributed by atoms with Gasteiger partial charge in [-0.25, -0.2) is 0 Å². The first-order chi connectivity index (χ1) is 9.74. The van der Waals surface area contributed by atoms with Gasteiger partial charge in [0, 0.05) is 11.1 Å². The van der Waals surface area contributed by atoms with Crippen LogP contribution >= 0.6 is 0 Å². The van der Waals surface area contributed by atoms with E-state index in [0.29, 0.717) is 0 Å². The third-order valence-corrected chi connectivity index (χ3v) is 2.93.